The first kappa shape index (κ1) is 21.0. The van der Waals surface area contributed by atoms with E-state index in [-0.39, 0.29) is 11.9 Å². The van der Waals surface area contributed by atoms with Crippen molar-refractivity contribution in [2.75, 3.05) is 6.61 Å². The number of ether oxygens (including phenoxy) is 1. The molecule has 1 aliphatic heterocycles. The van der Waals surface area contributed by atoms with E-state index in [1.54, 1.807) is 0 Å². The van der Waals surface area contributed by atoms with Crippen molar-refractivity contribution in [1.29, 1.82) is 0 Å². The predicted octanol–water partition coefficient (Wildman–Crippen LogP) is 5.92. The van der Waals surface area contributed by atoms with E-state index < -0.39 is 0 Å². The van der Waals surface area contributed by atoms with E-state index in [4.69, 9.17) is 4.74 Å². The molecule has 166 valence electrons. The summed E-state index contributed by atoms with van der Waals surface area (Å²) in [6.45, 7) is 5.37. The Kier molecular flexibility index (Phi) is 5.69. The number of rotatable bonds is 7. The van der Waals surface area contributed by atoms with Crippen LogP contribution in [0, 0.1) is 6.92 Å². The molecule has 0 spiro atoms. The first-order valence-corrected chi connectivity index (χ1v) is 11.4. The zero-order valence-corrected chi connectivity index (χ0v) is 18.9. The van der Waals surface area contributed by atoms with Gasteiger partial charge >= 0.3 is 0 Å². The highest BCUT2D eigenvalue weighted by atomic mass is 16.5. The van der Waals surface area contributed by atoms with Crippen LogP contribution >= 0.6 is 0 Å². The van der Waals surface area contributed by atoms with E-state index in [0.29, 0.717) is 18.8 Å². The Morgan fingerprint density at radius 2 is 1.70 bits per heavy atom. The van der Waals surface area contributed by atoms with Gasteiger partial charge in [-0.25, -0.2) is 0 Å². The lowest BCUT2D eigenvalue weighted by molar-refractivity contribution is 0.0730. The fraction of sp³-hybridized carbons (Fsp3) is 0.214. The maximum atomic E-state index is 13.5. The van der Waals surface area contributed by atoms with Gasteiger partial charge in [-0.05, 0) is 36.6 Å². The maximum Gasteiger partial charge on any atom is 0.273 e. The van der Waals surface area contributed by atoms with Crippen molar-refractivity contribution >= 4 is 5.91 Å². The molecule has 5 nitrogen and oxygen atoms in total. The maximum absolute atomic E-state index is 13.5. The van der Waals surface area contributed by atoms with Crippen molar-refractivity contribution < 1.29 is 9.53 Å². The summed E-state index contributed by atoms with van der Waals surface area (Å²) in [7, 11) is 0. The Balaban J connectivity index is 1.57. The molecule has 0 fully saturated rings. The second-order valence-electron chi connectivity index (χ2n) is 8.47. The van der Waals surface area contributed by atoms with Gasteiger partial charge in [0.25, 0.3) is 5.91 Å². The summed E-state index contributed by atoms with van der Waals surface area (Å²) in [5.74, 6) is 0.808. The number of benzene rings is 3. The lowest BCUT2D eigenvalue weighted by atomic mass is 9.96. The summed E-state index contributed by atoms with van der Waals surface area (Å²) in [5, 5.41) is 7.58. The van der Waals surface area contributed by atoms with Crippen LogP contribution in [0.5, 0.6) is 5.75 Å². The average molecular weight is 438 g/mol. The topological polar surface area (TPSA) is 58.2 Å². The molecule has 1 aromatic heterocycles. The number of nitrogens with one attached hydrogen (secondary N) is 1. The van der Waals surface area contributed by atoms with Crippen molar-refractivity contribution in [3.05, 3.63) is 107 Å². The van der Waals surface area contributed by atoms with Crippen LogP contribution in [0.25, 0.3) is 11.3 Å². The number of aromatic nitrogens is 2. The number of fused-ring (bicyclic) bond motifs is 1. The van der Waals surface area contributed by atoms with Crippen molar-refractivity contribution in [3.8, 4) is 17.0 Å². The molecule has 1 unspecified atom stereocenters. The minimum absolute atomic E-state index is 0.0310. The van der Waals surface area contributed by atoms with Crippen LogP contribution in [-0.4, -0.2) is 27.6 Å². The van der Waals surface area contributed by atoms with Crippen molar-refractivity contribution in [1.82, 2.24) is 15.1 Å². The fourth-order valence-corrected chi connectivity index (χ4v) is 4.38. The molecule has 2 heterocycles. The Hall–Kier alpha value is -3.86. The third-order valence-electron chi connectivity index (χ3n) is 6.05. The molecule has 4 aromatic rings. The van der Waals surface area contributed by atoms with Crippen LogP contribution in [0.2, 0.25) is 0 Å². The van der Waals surface area contributed by atoms with Crippen LogP contribution in [-0.2, 0) is 6.54 Å². The second-order valence-corrected chi connectivity index (χ2v) is 8.47. The number of carbonyl (C=O) groups is 1. The summed E-state index contributed by atoms with van der Waals surface area (Å²) in [6, 6.07) is 26.2. The molecule has 0 bridgehead atoms. The van der Waals surface area contributed by atoms with Crippen molar-refractivity contribution in [2.24, 2.45) is 0 Å². The Morgan fingerprint density at radius 3 is 2.39 bits per heavy atom. The number of aryl methyl sites for hydroxylation is 1. The second kappa shape index (κ2) is 8.94. The third-order valence-corrected chi connectivity index (χ3v) is 6.05. The van der Waals surface area contributed by atoms with E-state index in [1.807, 2.05) is 47.4 Å². The molecule has 0 aliphatic carbocycles. The van der Waals surface area contributed by atoms with Gasteiger partial charge in [0.1, 0.15) is 11.4 Å². The molecule has 33 heavy (non-hydrogen) atoms. The monoisotopic (exact) mass is 437 g/mol. The summed E-state index contributed by atoms with van der Waals surface area (Å²) in [4.78, 5) is 15.5. The zero-order chi connectivity index (χ0) is 22.8. The number of amides is 1. The van der Waals surface area contributed by atoms with Gasteiger partial charge in [-0.15, -0.1) is 0 Å². The predicted molar refractivity (Wildman–Crippen MR) is 129 cm³/mol. The summed E-state index contributed by atoms with van der Waals surface area (Å²) in [5.41, 5.74) is 6.65. The van der Waals surface area contributed by atoms with Gasteiger partial charge in [-0.2, -0.15) is 5.10 Å². The quantitative estimate of drug-likeness (QED) is 0.390. The highest BCUT2D eigenvalue weighted by Crippen LogP contribution is 2.43. The first-order chi connectivity index (χ1) is 16.2. The number of H-pyrrole nitrogens is 1. The van der Waals surface area contributed by atoms with Gasteiger partial charge in [0.15, 0.2) is 0 Å². The molecule has 3 aromatic carbocycles. The van der Waals surface area contributed by atoms with E-state index in [1.165, 1.54) is 5.56 Å². The first-order valence-electron chi connectivity index (χ1n) is 11.4. The van der Waals surface area contributed by atoms with Gasteiger partial charge in [-0.3, -0.25) is 9.89 Å². The summed E-state index contributed by atoms with van der Waals surface area (Å²) in [6.07, 6.45) is 0.960. The number of carbonyl (C=O) groups excluding carboxylic acids is 1. The number of nitrogens with zero attached hydrogens (tertiary/aromatic N) is 2. The number of hydrogen-bond donors (Lipinski definition) is 1. The van der Waals surface area contributed by atoms with Gasteiger partial charge in [0.05, 0.1) is 18.3 Å². The molecular formula is C28H27N3O2. The smallest absolute Gasteiger partial charge is 0.273 e. The minimum atomic E-state index is -0.233. The van der Waals surface area contributed by atoms with Crippen molar-refractivity contribution in [3.63, 3.8) is 0 Å². The lowest BCUT2D eigenvalue weighted by Gasteiger charge is -2.27. The largest absolute Gasteiger partial charge is 0.494 e. The zero-order valence-electron chi connectivity index (χ0n) is 18.9. The van der Waals surface area contributed by atoms with Crippen molar-refractivity contribution in [2.45, 2.75) is 32.9 Å². The van der Waals surface area contributed by atoms with E-state index in [9.17, 15) is 4.79 Å². The van der Waals surface area contributed by atoms with Crippen LogP contribution in [0.3, 0.4) is 0 Å². The van der Waals surface area contributed by atoms with E-state index in [0.717, 1.165) is 40.1 Å². The van der Waals surface area contributed by atoms with Crippen LogP contribution in [0.1, 0.15) is 52.1 Å². The molecule has 1 atom stereocenters. The molecule has 0 saturated heterocycles. The Labute approximate surface area is 194 Å². The standard InChI is InChI=1S/C28H27N3O2/c1-3-17-33-23-15-13-22(14-16-23)27-24-25(21-7-5-4-6-8-21)29-30-26(24)28(32)31(27)18-20-11-9-19(2)10-12-20/h4-16,27H,3,17-18H2,1-2H3,(H,29,30). The van der Waals surface area contributed by atoms with Crippen LogP contribution in [0.15, 0.2) is 78.9 Å². The normalized spacial score (nSPS) is 15.0. The molecule has 5 heteroatoms. The Bertz CT molecular complexity index is 1240. The highest BCUT2D eigenvalue weighted by Gasteiger charge is 2.42. The third kappa shape index (κ3) is 4.02. The number of aromatic amines is 1. The van der Waals surface area contributed by atoms with Gasteiger partial charge in [-0.1, -0.05) is 79.2 Å². The number of hydrogen-bond acceptors (Lipinski definition) is 3. The van der Waals surface area contributed by atoms with Gasteiger partial charge in [0.2, 0.25) is 0 Å². The summed E-state index contributed by atoms with van der Waals surface area (Å²) < 4.78 is 5.78. The van der Waals surface area contributed by atoms with Crippen LogP contribution < -0.4 is 4.74 Å². The van der Waals surface area contributed by atoms with Crippen LogP contribution in [0.4, 0.5) is 0 Å². The van der Waals surface area contributed by atoms with Gasteiger partial charge in [0, 0.05) is 17.7 Å². The lowest BCUT2D eigenvalue weighted by Crippen LogP contribution is -2.29. The average Bonchev–Trinajstić information content (AvgIpc) is 3.39. The van der Waals surface area contributed by atoms with E-state index in [2.05, 4.69) is 60.4 Å². The molecule has 1 aliphatic rings. The summed E-state index contributed by atoms with van der Waals surface area (Å²) >= 11 is 0. The molecule has 5 rings (SSSR count). The fourth-order valence-electron chi connectivity index (χ4n) is 4.38. The molecular weight excluding hydrogens is 410 g/mol. The SMILES string of the molecule is CCCOc1ccc(C2c3c(-c4ccccc4)n[nH]c3C(=O)N2Cc2ccc(C)cc2)cc1. The Morgan fingerprint density at radius 1 is 0.970 bits per heavy atom. The molecule has 0 saturated carbocycles. The highest BCUT2D eigenvalue weighted by molar-refractivity contribution is 6.00. The van der Waals surface area contributed by atoms with E-state index >= 15 is 0 Å². The van der Waals surface area contributed by atoms with Gasteiger partial charge < -0.3 is 9.64 Å². The molecule has 0 radical (unpaired) electrons. The molecule has 1 amide bonds. The minimum Gasteiger partial charge on any atom is -0.494 e. The molecule has 1 N–H and O–H groups in total.